The molecule has 2 amide bonds. The first-order valence-electron chi connectivity index (χ1n) is 8.29. The van der Waals surface area contributed by atoms with Crippen LogP contribution in [0.5, 0.6) is 0 Å². The number of carbonyl (C=O) groups excluding carboxylic acids is 2. The molecule has 0 atom stereocenters. The first-order chi connectivity index (χ1) is 13.1. The molecule has 0 spiro atoms. The Morgan fingerprint density at radius 2 is 1.85 bits per heavy atom. The Labute approximate surface area is 161 Å². The Balaban J connectivity index is 1.51. The molecule has 1 heterocycles. The van der Waals surface area contributed by atoms with Crippen LogP contribution in [0.1, 0.15) is 15.9 Å². The standard InChI is InChI=1S/C20H18ClN3O3/c21-17-10-16(6-7-18(17)22-11-14-4-2-1-3-5-14)24-19(25)12-23-20(26)15-8-9-27-13-15/h1-10,13,22H,11-12H2,(H,23,26)(H,24,25). The molecule has 138 valence electrons. The van der Waals surface area contributed by atoms with E-state index in [1.807, 2.05) is 30.3 Å². The number of halogens is 1. The van der Waals surface area contributed by atoms with E-state index in [-0.39, 0.29) is 18.4 Å². The third kappa shape index (κ3) is 5.36. The number of nitrogens with one attached hydrogen (secondary N) is 3. The van der Waals surface area contributed by atoms with E-state index < -0.39 is 0 Å². The van der Waals surface area contributed by atoms with E-state index in [1.54, 1.807) is 18.2 Å². The molecule has 0 aliphatic carbocycles. The fraction of sp³-hybridized carbons (Fsp3) is 0.100. The second-order valence-corrected chi connectivity index (χ2v) is 6.18. The monoisotopic (exact) mass is 383 g/mol. The van der Waals surface area contributed by atoms with E-state index >= 15 is 0 Å². The summed E-state index contributed by atoms with van der Waals surface area (Å²) >= 11 is 6.28. The summed E-state index contributed by atoms with van der Waals surface area (Å²) in [7, 11) is 0. The highest BCUT2D eigenvalue weighted by atomic mass is 35.5. The third-order valence-corrected chi connectivity index (χ3v) is 4.08. The van der Waals surface area contributed by atoms with Gasteiger partial charge in [-0.3, -0.25) is 9.59 Å². The first-order valence-corrected chi connectivity index (χ1v) is 8.67. The minimum Gasteiger partial charge on any atom is -0.472 e. The Morgan fingerprint density at radius 1 is 1.04 bits per heavy atom. The van der Waals surface area contributed by atoms with Crippen molar-refractivity contribution < 1.29 is 14.0 Å². The number of rotatable bonds is 7. The maximum atomic E-state index is 12.0. The van der Waals surface area contributed by atoms with Gasteiger partial charge < -0.3 is 20.4 Å². The van der Waals surface area contributed by atoms with Crippen molar-refractivity contribution in [1.29, 1.82) is 0 Å². The normalized spacial score (nSPS) is 10.3. The summed E-state index contributed by atoms with van der Waals surface area (Å²) in [6.07, 6.45) is 2.71. The molecule has 3 N–H and O–H groups in total. The topological polar surface area (TPSA) is 83.4 Å². The van der Waals surface area contributed by atoms with Crippen LogP contribution in [0.15, 0.2) is 71.5 Å². The molecule has 27 heavy (non-hydrogen) atoms. The molecule has 1 aromatic heterocycles. The molecule has 0 aliphatic rings. The molecule has 2 aromatic carbocycles. The van der Waals surface area contributed by atoms with Crippen molar-refractivity contribution in [3.05, 3.63) is 83.3 Å². The molecule has 0 saturated heterocycles. The summed E-state index contributed by atoms with van der Waals surface area (Å²) < 4.78 is 4.83. The quantitative estimate of drug-likeness (QED) is 0.577. The fourth-order valence-corrected chi connectivity index (χ4v) is 2.64. The molecular formula is C20H18ClN3O3. The van der Waals surface area contributed by atoms with Gasteiger partial charge in [0.25, 0.3) is 5.91 Å². The van der Waals surface area contributed by atoms with Gasteiger partial charge in [-0.05, 0) is 29.8 Å². The summed E-state index contributed by atoms with van der Waals surface area (Å²) in [5.74, 6) is -0.731. The van der Waals surface area contributed by atoms with E-state index in [2.05, 4.69) is 16.0 Å². The van der Waals surface area contributed by atoms with E-state index in [4.69, 9.17) is 16.0 Å². The highest BCUT2D eigenvalue weighted by Gasteiger charge is 2.10. The molecule has 3 aromatic rings. The molecule has 3 rings (SSSR count). The average molecular weight is 384 g/mol. The summed E-state index contributed by atoms with van der Waals surface area (Å²) in [4.78, 5) is 23.8. The van der Waals surface area contributed by atoms with Crippen LogP contribution in [-0.4, -0.2) is 18.4 Å². The largest absolute Gasteiger partial charge is 0.472 e. The second kappa shape index (κ2) is 8.91. The number of hydrogen-bond acceptors (Lipinski definition) is 4. The van der Waals surface area contributed by atoms with Gasteiger partial charge in [-0.25, -0.2) is 0 Å². The van der Waals surface area contributed by atoms with E-state index in [1.165, 1.54) is 18.6 Å². The number of anilines is 2. The van der Waals surface area contributed by atoms with Gasteiger partial charge in [-0.15, -0.1) is 0 Å². The highest BCUT2D eigenvalue weighted by molar-refractivity contribution is 6.33. The Morgan fingerprint density at radius 3 is 2.56 bits per heavy atom. The van der Waals surface area contributed by atoms with E-state index in [0.29, 0.717) is 22.8 Å². The molecular weight excluding hydrogens is 366 g/mol. The lowest BCUT2D eigenvalue weighted by atomic mass is 10.2. The summed E-state index contributed by atoms with van der Waals surface area (Å²) in [5, 5.41) is 8.96. The lowest BCUT2D eigenvalue weighted by Crippen LogP contribution is -2.32. The molecule has 0 radical (unpaired) electrons. The molecule has 0 unspecified atom stereocenters. The van der Waals surface area contributed by atoms with Crippen molar-refractivity contribution in [3.8, 4) is 0 Å². The van der Waals surface area contributed by atoms with Crippen LogP contribution >= 0.6 is 11.6 Å². The van der Waals surface area contributed by atoms with Gasteiger partial charge in [-0.1, -0.05) is 41.9 Å². The zero-order chi connectivity index (χ0) is 19.1. The molecule has 7 heteroatoms. The summed E-state index contributed by atoms with van der Waals surface area (Å²) in [5.41, 5.74) is 2.82. The van der Waals surface area contributed by atoms with Crippen LogP contribution in [0, 0.1) is 0 Å². The minimum absolute atomic E-state index is 0.157. The van der Waals surface area contributed by atoms with Crippen molar-refractivity contribution in [1.82, 2.24) is 5.32 Å². The van der Waals surface area contributed by atoms with Gasteiger partial charge in [0.2, 0.25) is 5.91 Å². The number of benzene rings is 2. The van der Waals surface area contributed by atoms with Crippen LogP contribution in [0.4, 0.5) is 11.4 Å². The van der Waals surface area contributed by atoms with E-state index in [9.17, 15) is 9.59 Å². The van der Waals surface area contributed by atoms with Gasteiger partial charge in [0.1, 0.15) is 6.26 Å². The van der Waals surface area contributed by atoms with Crippen molar-refractivity contribution in [2.24, 2.45) is 0 Å². The Hall–Kier alpha value is -3.25. The van der Waals surface area contributed by atoms with Crippen LogP contribution in [-0.2, 0) is 11.3 Å². The van der Waals surface area contributed by atoms with Gasteiger partial charge >= 0.3 is 0 Å². The number of furan rings is 1. The molecule has 0 saturated carbocycles. The van der Waals surface area contributed by atoms with Crippen molar-refractivity contribution in [2.75, 3.05) is 17.2 Å². The summed E-state index contributed by atoms with van der Waals surface area (Å²) in [6, 6.07) is 16.7. The first kappa shape index (κ1) is 18.5. The Bertz CT molecular complexity index is 911. The maximum absolute atomic E-state index is 12.0. The summed E-state index contributed by atoms with van der Waals surface area (Å²) in [6.45, 7) is 0.488. The van der Waals surface area contributed by atoms with Gasteiger partial charge in [0.15, 0.2) is 0 Å². The average Bonchev–Trinajstić information content (AvgIpc) is 3.21. The second-order valence-electron chi connectivity index (χ2n) is 5.78. The predicted molar refractivity (Wildman–Crippen MR) is 105 cm³/mol. The maximum Gasteiger partial charge on any atom is 0.254 e. The van der Waals surface area contributed by atoms with Crippen LogP contribution < -0.4 is 16.0 Å². The Kier molecular flexibility index (Phi) is 6.12. The molecule has 0 aliphatic heterocycles. The third-order valence-electron chi connectivity index (χ3n) is 3.77. The number of hydrogen-bond donors (Lipinski definition) is 3. The van der Waals surface area contributed by atoms with E-state index in [0.717, 1.165) is 11.3 Å². The zero-order valence-corrected chi connectivity index (χ0v) is 15.1. The molecule has 0 bridgehead atoms. The lowest BCUT2D eigenvalue weighted by Gasteiger charge is -2.11. The fourth-order valence-electron chi connectivity index (χ4n) is 2.39. The van der Waals surface area contributed by atoms with Crippen LogP contribution in [0.3, 0.4) is 0 Å². The minimum atomic E-state index is -0.377. The number of amides is 2. The highest BCUT2D eigenvalue weighted by Crippen LogP contribution is 2.26. The van der Waals surface area contributed by atoms with Crippen molar-refractivity contribution in [2.45, 2.75) is 6.54 Å². The van der Waals surface area contributed by atoms with Gasteiger partial charge in [0, 0.05) is 12.2 Å². The molecule has 0 fully saturated rings. The van der Waals surface area contributed by atoms with Gasteiger partial charge in [-0.2, -0.15) is 0 Å². The number of carbonyl (C=O) groups is 2. The van der Waals surface area contributed by atoms with Crippen molar-refractivity contribution in [3.63, 3.8) is 0 Å². The van der Waals surface area contributed by atoms with Crippen molar-refractivity contribution >= 4 is 34.8 Å². The zero-order valence-electron chi connectivity index (χ0n) is 14.4. The molecule has 6 nitrogen and oxygen atoms in total. The SMILES string of the molecule is O=C(CNC(=O)c1ccoc1)Nc1ccc(NCc2ccccc2)c(Cl)c1. The van der Waals surface area contributed by atoms with Crippen LogP contribution in [0.2, 0.25) is 5.02 Å². The predicted octanol–water partition coefficient (Wildman–Crippen LogP) is 3.91. The van der Waals surface area contributed by atoms with Crippen LogP contribution in [0.25, 0.3) is 0 Å². The lowest BCUT2D eigenvalue weighted by molar-refractivity contribution is -0.115. The van der Waals surface area contributed by atoms with Gasteiger partial charge in [0.05, 0.1) is 29.1 Å². The smallest absolute Gasteiger partial charge is 0.254 e.